The number of benzene rings is 2. The molecule has 2 aromatic carbocycles. The van der Waals surface area contributed by atoms with E-state index in [-0.39, 0.29) is 11.9 Å². The van der Waals surface area contributed by atoms with Crippen LogP contribution >= 0.6 is 0 Å². The van der Waals surface area contributed by atoms with E-state index in [0.717, 1.165) is 11.1 Å². The maximum absolute atomic E-state index is 12.3. The smallest absolute Gasteiger partial charge is 0.251 e. The molecule has 122 valence electrons. The van der Waals surface area contributed by atoms with Gasteiger partial charge in [0.05, 0.1) is 0 Å². The molecule has 1 heterocycles. The molecular weight excluding hydrogens is 302 g/mol. The Bertz CT molecular complexity index is 853. The first-order valence-corrected chi connectivity index (χ1v) is 7.81. The maximum atomic E-state index is 12.3. The molecule has 24 heavy (non-hydrogen) atoms. The standard InChI is InChI=1S/C19H19N3O2/c1-12-7-9-15(10-8-12)17-21-19(24-22-17)14(3)20-18(23)16-6-4-5-13(2)11-16/h4-11,14H,1-3H3,(H,20,23)/t14-/m1/s1. The molecule has 1 N–H and O–H groups in total. The van der Waals surface area contributed by atoms with E-state index < -0.39 is 0 Å². The fraction of sp³-hybridized carbons (Fsp3) is 0.211. The number of amides is 1. The number of hydrogen-bond donors (Lipinski definition) is 1. The summed E-state index contributed by atoms with van der Waals surface area (Å²) in [4.78, 5) is 16.7. The van der Waals surface area contributed by atoms with Crippen LogP contribution in [0.25, 0.3) is 11.4 Å². The first kappa shape index (κ1) is 15.9. The van der Waals surface area contributed by atoms with Crippen LogP contribution in [-0.4, -0.2) is 16.0 Å². The summed E-state index contributed by atoms with van der Waals surface area (Å²) in [7, 11) is 0. The van der Waals surface area contributed by atoms with Crippen LogP contribution in [-0.2, 0) is 0 Å². The van der Waals surface area contributed by atoms with Gasteiger partial charge < -0.3 is 9.84 Å². The van der Waals surface area contributed by atoms with Crippen molar-refractivity contribution in [1.82, 2.24) is 15.5 Å². The summed E-state index contributed by atoms with van der Waals surface area (Å²) in [6.45, 7) is 5.79. The van der Waals surface area contributed by atoms with E-state index >= 15 is 0 Å². The zero-order chi connectivity index (χ0) is 17.1. The normalized spacial score (nSPS) is 12.0. The van der Waals surface area contributed by atoms with Crippen molar-refractivity contribution in [1.29, 1.82) is 0 Å². The topological polar surface area (TPSA) is 68.0 Å². The number of aryl methyl sites for hydroxylation is 2. The number of hydrogen-bond acceptors (Lipinski definition) is 4. The summed E-state index contributed by atoms with van der Waals surface area (Å²) in [5.74, 6) is 0.731. The molecule has 0 spiro atoms. The van der Waals surface area contributed by atoms with Gasteiger partial charge in [-0.2, -0.15) is 4.98 Å². The van der Waals surface area contributed by atoms with Crippen LogP contribution in [0.15, 0.2) is 53.1 Å². The van der Waals surface area contributed by atoms with Gasteiger partial charge in [-0.05, 0) is 32.9 Å². The van der Waals surface area contributed by atoms with E-state index in [4.69, 9.17) is 4.52 Å². The van der Waals surface area contributed by atoms with Crippen molar-refractivity contribution in [3.63, 3.8) is 0 Å². The zero-order valence-corrected chi connectivity index (χ0v) is 13.9. The highest BCUT2D eigenvalue weighted by Gasteiger charge is 2.18. The molecule has 0 fully saturated rings. The molecule has 0 bridgehead atoms. The van der Waals surface area contributed by atoms with E-state index in [1.54, 1.807) is 6.07 Å². The Labute approximate surface area is 140 Å². The van der Waals surface area contributed by atoms with Gasteiger partial charge in [-0.1, -0.05) is 52.7 Å². The Kier molecular flexibility index (Phi) is 4.42. The SMILES string of the molecule is Cc1ccc(-c2noc([C@@H](C)NC(=O)c3cccc(C)c3)n2)cc1. The highest BCUT2D eigenvalue weighted by Crippen LogP contribution is 2.19. The highest BCUT2D eigenvalue weighted by atomic mass is 16.5. The van der Waals surface area contributed by atoms with Gasteiger partial charge in [-0.25, -0.2) is 0 Å². The predicted molar refractivity (Wildman–Crippen MR) is 91.5 cm³/mol. The Morgan fingerprint density at radius 2 is 1.83 bits per heavy atom. The summed E-state index contributed by atoms with van der Waals surface area (Å²) in [5.41, 5.74) is 3.70. The Balaban J connectivity index is 1.73. The Hall–Kier alpha value is -2.95. The minimum Gasteiger partial charge on any atom is -0.341 e. The first-order valence-electron chi connectivity index (χ1n) is 7.81. The van der Waals surface area contributed by atoms with Gasteiger partial charge in [0, 0.05) is 11.1 Å². The molecule has 0 unspecified atom stereocenters. The largest absolute Gasteiger partial charge is 0.341 e. The summed E-state index contributed by atoms with van der Waals surface area (Å²) < 4.78 is 5.30. The second-order valence-corrected chi connectivity index (χ2v) is 5.89. The van der Waals surface area contributed by atoms with Crippen molar-refractivity contribution >= 4 is 5.91 Å². The lowest BCUT2D eigenvalue weighted by atomic mass is 10.1. The quantitative estimate of drug-likeness (QED) is 0.792. The molecule has 0 saturated carbocycles. The van der Waals surface area contributed by atoms with E-state index in [0.29, 0.717) is 17.3 Å². The molecule has 5 nitrogen and oxygen atoms in total. The average molecular weight is 321 g/mol. The van der Waals surface area contributed by atoms with Crippen molar-refractivity contribution < 1.29 is 9.32 Å². The number of carbonyl (C=O) groups excluding carboxylic acids is 1. The monoisotopic (exact) mass is 321 g/mol. The van der Waals surface area contributed by atoms with Crippen LogP contribution < -0.4 is 5.32 Å². The summed E-state index contributed by atoms with van der Waals surface area (Å²) in [5, 5.41) is 6.87. The van der Waals surface area contributed by atoms with Crippen LogP contribution in [0.4, 0.5) is 0 Å². The molecule has 3 rings (SSSR count). The molecule has 1 atom stereocenters. The second kappa shape index (κ2) is 6.66. The lowest BCUT2D eigenvalue weighted by molar-refractivity contribution is 0.0932. The van der Waals surface area contributed by atoms with Crippen LogP contribution in [0.5, 0.6) is 0 Å². The average Bonchev–Trinajstić information content (AvgIpc) is 3.05. The number of nitrogens with one attached hydrogen (secondary N) is 1. The van der Waals surface area contributed by atoms with Crippen molar-refractivity contribution in [2.24, 2.45) is 0 Å². The van der Waals surface area contributed by atoms with Crippen LogP contribution in [0.3, 0.4) is 0 Å². The number of rotatable bonds is 4. The molecule has 0 saturated heterocycles. The minimum atomic E-state index is -0.371. The van der Waals surface area contributed by atoms with Crippen LogP contribution in [0.1, 0.15) is 40.3 Å². The lowest BCUT2D eigenvalue weighted by Gasteiger charge is -2.09. The molecule has 1 aromatic heterocycles. The second-order valence-electron chi connectivity index (χ2n) is 5.89. The number of aromatic nitrogens is 2. The fourth-order valence-corrected chi connectivity index (χ4v) is 2.36. The number of carbonyl (C=O) groups is 1. The highest BCUT2D eigenvalue weighted by molar-refractivity contribution is 5.94. The van der Waals surface area contributed by atoms with E-state index in [9.17, 15) is 4.79 Å². The van der Waals surface area contributed by atoms with Crippen LogP contribution in [0, 0.1) is 13.8 Å². The van der Waals surface area contributed by atoms with Gasteiger partial charge in [0.15, 0.2) is 0 Å². The van der Waals surface area contributed by atoms with Crippen molar-refractivity contribution in [3.8, 4) is 11.4 Å². The Morgan fingerprint density at radius 3 is 2.54 bits per heavy atom. The molecule has 0 radical (unpaired) electrons. The summed E-state index contributed by atoms with van der Waals surface area (Å²) in [6.07, 6.45) is 0. The summed E-state index contributed by atoms with van der Waals surface area (Å²) in [6, 6.07) is 14.9. The lowest BCUT2D eigenvalue weighted by Crippen LogP contribution is -2.26. The molecule has 5 heteroatoms. The maximum Gasteiger partial charge on any atom is 0.251 e. The first-order chi connectivity index (χ1) is 11.5. The van der Waals surface area contributed by atoms with Gasteiger partial charge in [0.25, 0.3) is 5.91 Å². The van der Waals surface area contributed by atoms with Crippen molar-refractivity contribution in [2.75, 3.05) is 0 Å². The third kappa shape index (κ3) is 3.51. The fourth-order valence-electron chi connectivity index (χ4n) is 2.36. The third-order valence-corrected chi connectivity index (χ3v) is 3.75. The van der Waals surface area contributed by atoms with Gasteiger partial charge in [0.1, 0.15) is 6.04 Å². The summed E-state index contributed by atoms with van der Waals surface area (Å²) >= 11 is 0. The molecule has 0 aliphatic heterocycles. The molecule has 0 aliphatic rings. The number of nitrogens with zero attached hydrogens (tertiary/aromatic N) is 2. The van der Waals surface area contributed by atoms with Gasteiger partial charge in [-0.15, -0.1) is 0 Å². The molecule has 1 amide bonds. The Morgan fingerprint density at radius 1 is 1.08 bits per heavy atom. The van der Waals surface area contributed by atoms with Crippen LogP contribution in [0.2, 0.25) is 0 Å². The third-order valence-electron chi connectivity index (χ3n) is 3.75. The predicted octanol–water partition coefficient (Wildman–Crippen LogP) is 3.84. The van der Waals surface area contributed by atoms with E-state index in [1.807, 2.05) is 63.2 Å². The van der Waals surface area contributed by atoms with Gasteiger partial charge in [-0.3, -0.25) is 4.79 Å². The van der Waals surface area contributed by atoms with Crippen molar-refractivity contribution in [3.05, 3.63) is 71.1 Å². The zero-order valence-electron chi connectivity index (χ0n) is 13.9. The van der Waals surface area contributed by atoms with E-state index in [1.165, 1.54) is 5.56 Å². The molecule has 0 aliphatic carbocycles. The van der Waals surface area contributed by atoms with Gasteiger partial charge >= 0.3 is 0 Å². The minimum absolute atomic E-state index is 0.165. The van der Waals surface area contributed by atoms with E-state index in [2.05, 4.69) is 15.5 Å². The van der Waals surface area contributed by atoms with Crippen molar-refractivity contribution in [2.45, 2.75) is 26.8 Å². The van der Waals surface area contributed by atoms with Gasteiger partial charge in [0.2, 0.25) is 11.7 Å². The molecule has 3 aromatic rings. The molecular formula is C19H19N3O2.